The molecule has 0 radical (unpaired) electrons. The molecule has 2 heteroatoms. The van der Waals surface area contributed by atoms with Gasteiger partial charge in [-0.05, 0) is 24.3 Å². The molecular formula is C11H17NO. The average Bonchev–Trinajstić information content (AvgIpc) is 2.13. The Bertz CT molecular complexity index is 323. The van der Waals surface area contributed by atoms with Crippen LogP contribution in [0.2, 0.25) is 0 Å². The van der Waals surface area contributed by atoms with E-state index in [1.165, 1.54) is 5.56 Å². The fraction of sp³-hybridized carbons (Fsp3) is 0.545. The third-order valence-electron chi connectivity index (χ3n) is 2.57. The van der Waals surface area contributed by atoms with Crippen molar-refractivity contribution in [2.24, 2.45) is 7.05 Å². The topological polar surface area (TPSA) is 22.0 Å². The van der Waals surface area contributed by atoms with Crippen LogP contribution in [-0.2, 0) is 7.05 Å². The first-order valence-electron chi connectivity index (χ1n) is 4.85. The monoisotopic (exact) mass is 179 g/mol. The second kappa shape index (κ2) is 4.26. The minimum atomic E-state index is 0.0645. The summed E-state index contributed by atoms with van der Waals surface area (Å²) in [7, 11) is 1.80. The molecule has 2 nitrogen and oxygen atoms in total. The molecule has 1 aromatic heterocycles. The Balaban J connectivity index is 3.02. The van der Waals surface area contributed by atoms with Crippen LogP contribution in [0.3, 0.4) is 0 Å². The second-order valence-electron chi connectivity index (χ2n) is 3.42. The molecule has 72 valence electrons. The summed E-state index contributed by atoms with van der Waals surface area (Å²) in [5.41, 5.74) is 1.34. The van der Waals surface area contributed by atoms with Gasteiger partial charge in [-0.3, -0.25) is 4.79 Å². The zero-order chi connectivity index (χ0) is 9.84. The first-order valence-corrected chi connectivity index (χ1v) is 4.85. The maximum atomic E-state index is 11.1. The van der Waals surface area contributed by atoms with Gasteiger partial charge in [0.1, 0.15) is 0 Å². The van der Waals surface area contributed by atoms with Crippen LogP contribution in [-0.4, -0.2) is 4.57 Å². The molecule has 0 unspecified atom stereocenters. The molecule has 1 heterocycles. The van der Waals surface area contributed by atoms with Gasteiger partial charge >= 0.3 is 0 Å². The van der Waals surface area contributed by atoms with Crippen LogP contribution in [0.4, 0.5) is 0 Å². The van der Waals surface area contributed by atoms with Crippen LogP contribution in [0.1, 0.15) is 38.2 Å². The minimum absolute atomic E-state index is 0.0645. The normalized spacial score (nSPS) is 10.8. The highest BCUT2D eigenvalue weighted by Crippen LogP contribution is 2.21. The fourth-order valence-electron chi connectivity index (χ4n) is 1.62. The van der Waals surface area contributed by atoms with E-state index >= 15 is 0 Å². The smallest absolute Gasteiger partial charge is 0.250 e. The second-order valence-corrected chi connectivity index (χ2v) is 3.42. The lowest BCUT2D eigenvalue weighted by Gasteiger charge is -2.12. The molecule has 0 aliphatic carbocycles. The number of hydrogen-bond donors (Lipinski definition) is 0. The molecule has 1 rings (SSSR count). The Morgan fingerprint density at radius 1 is 1.31 bits per heavy atom. The van der Waals surface area contributed by atoms with Crippen molar-refractivity contribution in [2.45, 2.75) is 32.6 Å². The van der Waals surface area contributed by atoms with E-state index in [0.717, 1.165) is 12.8 Å². The third kappa shape index (κ3) is 2.20. The molecule has 0 amide bonds. The highest BCUT2D eigenvalue weighted by atomic mass is 16.1. The average molecular weight is 179 g/mol. The first kappa shape index (κ1) is 10.0. The van der Waals surface area contributed by atoms with Crippen molar-refractivity contribution < 1.29 is 0 Å². The molecule has 0 N–H and O–H groups in total. The van der Waals surface area contributed by atoms with Gasteiger partial charge in [0.2, 0.25) is 5.56 Å². The van der Waals surface area contributed by atoms with Gasteiger partial charge in [0, 0.05) is 19.3 Å². The van der Waals surface area contributed by atoms with Crippen LogP contribution >= 0.6 is 0 Å². The van der Waals surface area contributed by atoms with Gasteiger partial charge in [0.15, 0.2) is 0 Å². The largest absolute Gasteiger partial charge is 0.318 e. The van der Waals surface area contributed by atoms with Crippen LogP contribution < -0.4 is 5.56 Å². The minimum Gasteiger partial charge on any atom is -0.318 e. The summed E-state index contributed by atoms with van der Waals surface area (Å²) in [6, 6.07) is 3.59. The number of hydrogen-bond acceptors (Lipinski definition) is 1. The number of pyridine rings is 1. The Morgan fingerprint density at radius 2 is 1.92 bits per heavy atom. The summed E-state index contributed by atoms with van der Waals surface area (Å²) in [6.07, 6.45) is 4.21. The number of aryl methyl sites for hydroxylation is 1. The first-order chi connectivity index (χ1) is 6.19. The molecule has 0 aliphatic rings. The summed E-state index contributed by atoms with van der Waals surface area (Å²) in [4.78, 5) is 11.1. The maximum Gasteiger partial charge on any atom is 0.250 e. The molecule has 1 aromatic rings. The van der Waals surface area contributed by atoms with Crippen molar-refractivity contribution in [2.75, 3.05) is 0 Å². The Morgan fingerprint density at radius 3 is 2.38 bits per heavy atom. The van der Waals surface area contributed by atoms with Crippen LogP contribution in [0, 0.1) is 0 Å². The Hall–Kier alpha value is -1.05. The van der Waals surface area contributed by atoms with Crippen LogP contribution in [0.25, 0.3) is 0 Å². The van der Waals surface area contributed by atoms with Gasteiger partial charge in [-0.1, -0.05) is 19.9 Å². The number of aromatic nitrogens is 1. The lowest BCUT2D eigenvalue weighted by molar-refractivity contribution is 0.631. The van der Waals surface area contributed by atoms with E-state index in [1.54, 1.807) is 17.7 Å². The molecular weight excluding hydrogens is 162 g/mol. The summed E-state index contributed by atoms with van der Waals surface area (Å²) in [6.45, 7) is 4.36. The van der Waals surface area contributed by atoms with E-state index in [1.807, 2.05) is 12.3 Å². The van der Waals surface area contributed by atoms with E-state index in [9.17, 15) is 4.79 Å². The molecule has 0 atom stereocenters. The van der Waals surface area contributed by atoms with Gasteiger partial charge in [-0.2, -0.15) is 0 Å². The highest BCUT2D eigenvalue weighted by molar-refractivity contribution is 5.15. The van der Waals surface area contributed by atoms with Gasteiger partial charge in [0.25, 0.3) is 0 Å². The van der Waals surface area contributed by atoms with Crippen molar-refractivity contribution in [3.63, 3.8) is 0 Å². The predicted octanol–water partition coefficient (Wildman–Crippen LogP) is 2.29. The van der Waals surface area contributed by atoms with Crippen molar-refractivity contribution in [3.8, 4) is 0 Å². The van der Waals surface area contributed by atoms with Crippen LogP contribution in [0.5, 0.6) is 0 Å². The standard InChI is InChI=1S/C11H17NO/c1-4-9(5-2)10-6-7-11(13)12(3)8-10/h6-9H,4-5H2,1-3H3. The fourth-order valence-corrected chi connectivity index (χ4v) is 1.62. The molecule has 0 saturated carbocycles. The Labute approximate surface area is 79.2 Å². The molecule has 0 spiro atoms. The van der Waals surface area contributed by atoms with E-state index in [4.69, 9.17) is 0 Å². The highest BCUT2D eigenvalue weighted by Gasteiger charge is 2.06. The van der Waals surface area contributed by atoms with E-state index < -0.39 is 0 Å². The van der Waals surface area contributed by atoms with Gasteiger partial charge in [-0.15, -0.1) is 0 Å². The zero-order valence-electron chi connectivity index (χ0n) is 8.58. The number of nitrogens with zero attached hydrogens (tertiary/aromatic N) is 1. The molecule has 0 aliphatic heterocycles. The van der Waals surface area contributed by atoms with E-state index in [0.29, 0.717) is 5.92 Å². The Kier molecular flexibility index (Phi) is 3.29. The summed E-state index contributed by atoms with van der Waals surface area (Å²) in [5.74, 6) is 0.590. The summed E-state index contributed by atoms with van der Waals surface area (Å²) >= 11 is 0. The van der Waals surface area contributed by atoms with E-state index in [2.05, 4.69) is 13.8 Å². The molecule has 0 saturated heterocycles. The lowest BCUT2D eigenvalue weighted by atomic mass is 9.96. The van der Waals surface area contributed by atoms with Crippen molar-refractivity contribution in [3.05, 3.63) is 34.2 Å². The van der Waals surface area contributed by atoms with Gasteiger partial charge < -0.3 is 4.57 Å². The lowest BCUT2D eigenvalue weighted by Crippen LogP contribution is -2.15. The third-order valence-corrected chi connectivity index (χ3v) is 2.57. The van der Waals surface area contributed by atoms with Crippen LogP contribution in [0.15, 0.2) is 23.1 Å². The molecule has 0 bridgehead atoms. The van der Waals surface area contributed by atoms with Crippen molar-refractivity contribution in [1.82, 2.24) is 4.57 Å². The number of rotatable bonds is 3. The van der Waals surface area contributed by atoms with E-state index in [-0.39, 0.29) is 5.56 Å². The van der Waals surface area contributed by atoms with Crippen molar-refractivity contribution in [1.29, 1.82) is 0 Å². The maximum absolute atomic E-state index is 11.1. The predicted molar refractivity (Wildman–Crippen MR) is 55.0 cm³/mol. The SMILES string of the molecule is CCC(CC)c1ccc(=O)n(C)c1. The quantitative estimate of drug-likeness (QED) is 0.697. The molecule has 0 fully saturated rings. The van der Waals surface area contributed by atoms with Gasteiger partial charge in [0.05, 0.1) is 0 Å². The zero-order valence-corrected chi connectivity index (χ0v) is 8.58. The molecule has 13 heavy (non-hydrogen) atoms. The summed E-state index contributed by atoms with van der Waals surface area (Å²) in [5, 5.41) is 0. The van der Waals surface area contributed by atoms with Gasteiger partial charge in [-0.25, -0.2) is 0 Å². The summed E-state index contributed by atoms with van der Waals surface area (Å²) < 4.78 is 1.65. The molecule has 0 aromatic carbocycles. The van der Waals surface area contributed by atoms with Crippen molar-refractivity contribution >= 4 is 0 Å².